The number of rotatable bonds is 6. The molecule has 0 aliphatic carbocycles. The molecule has 1 aliphatic rings. The lowest BCUT2D eigenvalue weighted by molar-refractivity contribution is -0.118. The number of hydrazone groups is 1. The molecule has 0 bridgehead atoms. The zero-order chi connectivity index (χ0) is 22.7. The molecule has 0 saturated carbocycles. The number of anilines is 3. The number of carbonyl (C=O) groups excluding carboxylic acids is 2. The fourth-order valence-corrected chi connectivity index (χ4v) is 3.40. The van der Waals surface area contributed by atoms with Gasteiger partial charge in [0, 0.05) is 26.4 Å². The summed E-state index contributed by atoms with van der Waals surface area (Å²) in [6, 6.07) is 7.22. The quantitative estimate of drug-likeness (QED) is 0.720. The Kier molecular flexibility index (Phi) is 6.38. The van der Waals surface area contributed by atoms with Gasteiger partial charge in [-0.1, -0.05) is 25.5 Å². The van der Waals surface area contributed by atoms with Gasteiger partial charge in [-0.25, -0.2) is 9.80 Å². The second-order valence-electron chi connectivity index (χ2n) is 7.45. The second kappa shape index (κ2) is 8.99. The van der Waals surface area contributed by atoms with Crippen molar-refractivity contribution in [2.45, 2.75) is 46.1 Å². The fourth-order valence-electron chi connectivity index (χ4n) is 3.40. The molecule has 0 unspecified atom stereocenters. The summed E-state index contributed by atoms with van der Waals surface area (Å²) in [5.41, 5.74) is 6.23. The maximum Gasteiger partial charge on any atom is 0.330 e. The number of nitrogens with two attached hydrogens (primary N) is 1. The van der Waals surface area contributed by atoms with E-state index >= 15 is 0 Å². The number of benzene rings is 1. The summed E-state index contributed by atoms with van der Waals surface area (Å²) >= 11 is 0. The van der Waals surface area contributed by atoms with Gasteiger partial charge in [-0.3, -0.25) is 23.9 Å². The Morgan fingerprint density at radius 3 is 2.68 bits per heavy atom. The lowest BCUT2D eigenvalue weighted by Crippen LogP contribution is -2.44. The van der Waals surface area contributed by atoms with Crippen molar-refractivity contribution in [3.8, 4) is 0 Å². The molecule has 3 rings (SSSR count). The van der Waals surface area contributed by atoms with E-state index in [4.69, 9.17) is 5.73 Å². The first-order valence-corrected chi connectivity index (χ1v) is 10.1. The van der Waals surface area contributed by atoms with Crippen molar-refractivity contribution in [3.63, 3.8) is 0 Å². The number of hydrogen-bond acceptors (Lipinski definition) is 6. The van der Waals surface area contributed by atoms with Crippen LogP contribution >= 0.6 is 0 Å². The molecule has 1 aromatic carbocycles. The summed E-state index contributed by atoms with van der Waals surface area (Å²) in [6.45, 7) is 4.18. The third-order valence-corrected chi connectivity index (χ3v) is 5.12. The van der Waals surface area contributed by atoms with E-state index in [2.05, 4.69) is 10.1 Å². The van der Waals surface area contributed by atoms with Gasteiger partial charge in [0.1, 0.15) is 11.5 Å². The van der Waals surface area contributed by atoms with Gasteiger partial charge in [-0.05, 0) is 31.0 Å². The maximum absolute atomic E-state index is 13.1. The van der Waals surface area contributed by atoms with E-state index in [0.717, 1.165) is 16.9 Å². The van der Waals surface area contributed by atoms with Crippen molar-refractivity contribution in [3.05, 3.63) is 50.7 Å². The van der Waals surface area contributed by atoms with E-state index in [9.17, 15) is 19.2 Å². The molecule has 1 aromatic heterocycles. The monoisotopic (exact) mass is 426 g/mol. The van der Waals surface area contributed by atoms with Gasteiger partial charge in [-0.2, -0.15) is 5.10 Å². The van der Waals surface area contributed by atoms with Gasteiger partial charge < -0.3 is 10.6 Å². The first kappa shape index (κ1) is 22.0. The molecule has 2 aromatic rings. The zero-order valence-electron chi connectivity index (χ0n) is 17.8. The molecule has 31 heavy (non-hydrogen) atoms. The van der Waals surface area contributed by atoms with Gasteiger partial charge in [-0.15, -0.1) is 0 Å². The van der Waals surface area contributed by atoms with Crippen LogP contribution in [-0.2, 0) is 16.1 Å². The predicted octanol–water partition coefficient (Wildman–Crippen LogP) is 1.37. The fraction of sp³-hybridized carbons (Fsp3) is 0.381. The van der Waals surface area contributed by atoms with Crippen LogP contribution in [0.15, 0.2) is 39.0 Å². The van der Waals surface area contributed by atoms with Crippen LogP contribution in [-0.4, -0.2) is 34.1 Å². The number of nitrogens with zero attached hydrogens (tertiary/aromatic N) is 4. The van der Waals surface area contributed by atoms with Crippen LogP contribution in [0.1, 0.15) is 38.2 Å². The Bertz CT molecular complexity index is 1160. The summed E-state index contributed by atoms with van der Waals surface area (Å²) in [6.07, 6.45) is 1.76. The minimum absolute atomic E-state index is 0.0823. The molecular weight excluding hydrogens is 400 g/mol. The molecular formula is C21H26N6O4. The van der Waals surface area contributed by atoms with Crippen LogP contribution in [0.2, 0.25) is 0 Å². The van der Waals surface area contributed by atoms with Crippen LogP contribution in [0.5, 0.6) is 0 Å². The standard InChI is InChI=1S/C21H26N6O4/c1-4-5-11-26-18(22)17(19(29)23-21(26)31)25(3)20(30)15-9-10-16(28)27(24-15)14-8-6-7-13(2)12-14/h6-8,12H,4-5,9-11,22H2,1-3H3,(H,23,29,31). The zero-order valence-corrected chi connectivity index (χ0v) is 17.8. The summed E-state index contributed by atoms with van der Waals surface area (Å²) in [5, 5.41) is 5.46. The molecule has 3 N–H and O–H groups in total. The van der Waals surface area contributed by atoms with Gasteiger partial charge >= 0.3 is 5.69 Å². The molecule has 0 radical (unpaired) electrons. The first-order valence-electron chi connectivity index (χ1n) is 10.1. The lowest BCUT2D eigenvalue weighted by Gasteiger charge is -2.26. The van der Waals surface area contributed by atoms with Gasteiger partial charge in [0.25, 0.3) is 11.5 Å². The molecule has 0 spiro atoms. The largest absolute Gasteiger partial charge is 0.383 e. The van der Waals surface area contributed by atoms with Crippen molar-refractivity contribution in [2.24, 2.45) is 5.10 Å². The molecule has 10 heteroatoms. The Hall–Kier alpha value is -3.69. The average molecular weight is 426 g/mol. The van der Waals surface area contributed by atoms with Crippen LogP contribution in [0.4, 0.5) is 17.2 Å². The van der Waals surface area contributed by atoms with Crippen molar-refractivity contribution >= 4 is 34.7 Å². The number of nitrogens with one attached hydrogen (secondary N) is 1. The molecule has 1 aliphatic heterocycles. The topological polar surface area (TPSA) is 134 Å². The SMILES string of the molecule is CCCCn1c(N)c(N(C)C(=O)C2=NN(c3cccc(C)c3)C(=O)CC2)c(=O)[nH]c1=O. The van der Waals surface area contributed by atoms with Crippen molar-refractivity contribution in [2.75, 3.05) is 22.7 Å². The lowest BCUT2D eigenvalue weighted by atomic mass is 10.1. The van der Waals surface area contributed by atoms with Gasteiger partial charge in [0.15, 0.2) is 5.69 Å². The highest BCUT2D eigenvalue weighted by Gasteiger charge is 2.30. The van der Waals surface area contributed by atoms with Gasteiger partial charge in [0.05, 0.1) is 5.69 Å². The van der Waals surface area contributed by atoms with Gasteiger partial charge in [0.2, 0.25) is 5.91 Å². The first-order chi connectivity index (χ1) is 14.7. The van der Waals surface area contributed by atoms with Crippen LogP contribution < -0.4 is 26.9 Å². The van der Waals surface area contributed by atoms with Crippen LogP contribution in [0.3, 0.4) is 0 Å². The number of aromatic amines is 1. The number of aryl methyl sites for hydroxylation is 1. The van der Waals surface area contributed by atoms with Crippen molar-refractivity contribution in [1.82, 2.24) is 9.55 Å². The van der Waals surface area contributed by atoms with Crippen molar-refractivity contribution in [1.29, 1.82) is 0 Å². The molecule has 0 saturated heterocycles. The summed E-state index contributed by atoms with van der Waals surface area (Å²) in [4.78, 5) is 53.4. The third-order valence-electron chi connectivity index (χ3n) is 5.12. The van der Waals surface area contributed by atoms with Crippen molar-refractivity contribution < 1.29 is 9.59 Å². The molecule has 164 valence electrons. The van der Waals surface area contributed by atoms with Crippen LogP contribution in [0.25, 0.3) is 0 Å². The Balaban J connectivity index is 1.97. The van der Waals surface area contributed by atoms with E-state index in [1.807, 2.05) is 19.9 Å². The number of carbonyl (C=O) groups is 2. The van der Waals surface area contributed by atoms with E-state index in [1.54, 1.807) is 18.2 Å². The minimum atomic E-state index is -0.755. The summed E-state index contributed by atoms with van der Waals surface area (Å²) in [5.74, 6) is -0.876. The molecule has 10 nitrogen and oxygen atoms in total. The number of aromatic nitrogens is 2. The normalized spacial score (nSPS) is 13.8. The maximum atomic E-state index is 13.1. The van der Waals surface area contributed by atoms with E-state index in [-0.39, 0.29) is 36.0 Å². The number of unbranched alkanes of at least 4 members (excludes halogenated alkanes) is 1. The summed E-state index contributed by atoms with van der Waals surface area (Å²) in [7, 11) is 1.40. The average Bonchev–Trinajstić information content (AvgIpc) is 2.73. The van der Waals surface area contributed by atoms with E-state index in [0.29, 0.717) is 18.7 Å². The Morgan fingerprint density at radius 2 is 2.00 bits per heavy atom. The van der Waals surface area contributed by atoms with E-state index in [1.165, 1.54) is 16.6 Å². The second-order valence-corrected chi connectivity index (χ2v) is 7.45. The highest BCUT2D eigenvalue weighted by atomic mass is 16.2. The Labute approximate surface area is 179 Å². The number of nitrogen functional groups attached to an aromatic ring is 1. The predicted molar refractivity (Wildman–Crippen MR) is 119 cm³/mol. The molecule has 2 heterocycles. The summed E-state index contributed by atoms with van der Waals surface area (Å²) < 4.78 is 1.25. The number of hydrogen-bond donors (Lipinski definition) is 2. The molecule has 2 amide bonds. The third kappa shape index (κ3) is 4.42. The number of H-pyrrole nitrogens is 1. The Morgan fingerprint density at radius 1 is 1.26 bits per heavy atom. The molecule has 0 fully saturated rings. The highest BCUT2D eigenvalue weighted by Crippen LogP contribution is 2.23. The highest BCUT2D eigenvalue weighted by molar-refractivity contribution is 6.44. The molecule has 0 atom stereocenters. The van der Waals surface area contributed by atoms with Crippen LogP contribution in [0, 0.1) is 6.92 Å². The number of amides is 2. The van der Waals surface area contributed by atoms with E-state index < -0.39 is 17.2 Å². The smallest absolute Gasteiger partial charge is 0.330 e. The minimum Gasteiger partial charge on any atom is -0.383 e.